The molecule has 1 amide bonds. The fraction of sp³-hybridized carbons (Fsp3) is 0.238. The predicted molar refractivity (Wildman–Crippen MR) is 111 cm³/mol. The van der Waals surface area contributed by atoms with E-state index in [0.29, 0.717) is 35.3 Å². The van der Waals surface area contributed by atoms with Crippen molar-refractivity contribution in [3.8, 4) is 23.8 Å². The number of hydrogen-bond donors (Lipinski definition) is 3. The Bertz CT molecular complexity index is 887. The monoisotopic (exact) mass is 380 g/mol. The Morgan fingerprint density at radius 1 is 1.14 bits per heavy atom. The summed E-state index contributed by atoms with van der Waals surface area (Å²) in [6.45, 7) is 0.526. The lowest BCUT2D eigenvalue weighted by Gasteiger charge is -2.14. The minimum atomic E-state index is -0.209. The molecule has 2 aromatic rings. The van der Waals surface area contributed by atoms with Crippen molar-refractivity contribution >= 4 is 17.6 Å². The van der Waals surface area contributed by atoms with Gasteiger partial charge >= 0.3 is 0 Å². The molecule has 3 N–H and O–H groups in total. The summed E-state index contributed by atoms with van der Waals surface area (Å²) in [6.07, 6.45) is 5.37. The van der Waals surface area contributed by atoms with Gasteiger partial charge in [0.05, 0.1) is 20.8 Å². The van der Waals surface area contributed by atoms with Crippen LogP contribution in [-0.2, 0) is 11.3 Å². The minimum Gasteiger partial charge on any atom is -0.497 e. The summed E-state index contributed by atoms with van der Waals surface area (Å²) in [6, 6.07) is 12.7. The van der Waals surface area contributed by atoms with Gasteiger partial charge in [0.1, 0.15) is 11.5 Å². The van der Waals surface area contributed by atoms with Crippen LogP contribution in [0.1, 0.15) is 11.1 Å². The molecule has 0 bridgehead atoms. The van der Waals surface area contributed by atoms with E-state index >= 15 is 0 Å². The maximum Gasteiger partial charge on any atom is 0.243 e. The van der Waals surface area contributed by atoms with Gasteiger partial charge in [0.25, 0.3) is 0 Å². The Morgan fingerprint density at radius 3 is 2.64 bits per heavy atom. The molecule has 0 aliphatic rings. The topological polar surface area (TPSA) is 84.0 Å². The molecule has 0 saturated carbocycles. The number of amides is 1. The van der Waals surface area contributed by atoms with E-state index in [0.717, 1.165) is 5.56 Å². The zero-order valence-corrected chi connectivity index (χ0v) is 16.2. The third kappa shape index (κ3) is 5.95. The second-order valence-corrected chi connectivity index (χ2v) is 5.73. The third-order valence-corrected chi connectivity index (χ3v) is 3.89. The van der Waals surface area contributed by atoms with Crippen LogP contribution in [-0.4, -0.2) is 39.7 Å². The number of benzene rings is 2. The fourth-order valence-electron chi connectivity index (χ4n) is 2.45. The quantitative estimate of drug-likeness (QED) is 0.389. The number of aliphatic imine (C=N–C) groups is 1. The van der Waals surface area contributed by atoms with Gasteiger partial charge in [-0.05, 0) is 30.3 Å². The molecule has 0 saturated heterocycles. The number of rotatable bonds is 7. The van der Waals surface area contributed by atoms with E-state index < -0.39 is 0 Å². The number of guanidine groups is 1. The number of hydrogen-bond acceptors (Lipinski definition) is 4. The second-order valence-electron chi connectivity index (χ2n) is 5.73. The van der Waals surface area contributed by atoms with E-state index in [1.807, 2.05) is 18.2 Å². The van der Waals surface area contributed by atoms with Gasteiger partial charge in [0.2, 0.25) is 5.91 Å². The molecule has 28 heavy (non-hydrogen) atoms. The Labute approximate surface area is 165 Å². The van der Waals surface area contributed by atoms with Crippen LogP contribution in [0.2, 0.25) is 0 Å². The molecule has 0 heterocycles. The van der Waals surface area contributed by atoms with Crippen molar-refractivity contribution in [2.75, 3.05) is 33.1 Å². The highest BCUT2D eigenvalue weighted by Crippen LogP contribution is 2.24. The van der Waals surface area contributed by atoms with Gasteiger partial charge in [-0.3, -0.25) is 9.79 Å². The molecule has 0 atom stereocenters. The summed E-state index contributed by atoms with van der Waals surface area (Å²) >= 11 is 0. The first-order valence-corrected chi connectivity index (χ1v) is 8.61. The number of nitrogens with one attached hydrogen (secondary N) is 3. The van der Waals surface area contributed by atoms with Crippen molar-refractivity contribution in [3.05, 3.63) is 53.6 Å². The van der Waals surface area contributed by atoms with Crippen molar-refractivity contribution in [1.29, 1.82) is 0 Å². The van der Waals surface area contributed by atoms with Crippen LogP contribution < -0.4 is 25.4 Å². The van der Waals surface area contributed by atoms with Gasteiger partial charge in [-0.1, -0.05) is 12.0 Å². The van der Waals surface area contributed by atoms with Gasteiger partial charge in [-0.15, -0.1) is 6.42 Å². The smallest absolute Gasteiger partial charge is 0.243 e. The molecule has 7 nitrogen and oxygen atoms in total. The molecule has 0 aliphatic heterocycles. The highest BCUT2D eigenvalue weighted by Gasteiger charge is 2.08. The van der Waals surface area contributed by atoms with Crippen LogP contribution in [0.25, 0.3) is 0 Å². The number of nitrogens with zero attached hydrogens (tertiary/aromatic N) is 1. The van der Waals surface area contributed by atoms with Crippen LogP contribution in [0.4, 0.5) is 5.69 Å². The van der Waals surface area contributed by atoms with Gasteiger partial charge in [0.15, 0.2) is 5.96 Å². The largest absolute Gasteiger partial charge is 0.497 e. The SMILES string of the molecule is C#Cc1cccc(NC(=O)CNC(=NC)NCc2ccc(OC)cc2OC)c1. The molecule has 2 rings (SSSR count). The molecule has 0 fully saturated rings. The Balaban J connectivity index is 1.87. The van der Waals surface area contributed by atoms with Crippen LogP contribution in [0.5, 0.6) is 11.5 Å². The molecule has 0 aliphatic carbocycles. The van der Waals surface area contributed by atoms with E-state index in [-0.39, 0.29) is 12.5 Å². The molecule has 0 spiro atoms. The van der Waals surface area contributed by atoms with Gasteiger partial charge < -0.3 is 25.4 Å². The van der Waals surface area contributed by atoms with E-state index in [1.165, 1.54) is 0 Å². The summed E-state index contributed by atoms with van der Waals surface area (Å²) < 4.78 is 10.6. The van der Waals surface area contributed by atoms with Gasteiger partial charge in [-0.2, -0.15) is 0 Å². The zero-order valence-electron chi connectivity index (χ0n) is 16.2. The minimum absolute atomic E-state index is 0.0553. The normalized spacial score (nSPS) is 10.6. The van der Waals surface area contributed by atoms with Crippen LogP contribution in [0.15, 0.2) is 47.5 Å². The van der Waals surface area contributed by atoms with Gasteiger partial charge in [0, 0.05) is 36.5 Å². The molecule has 146 valence electrons. The van der Waals surface area contributed by atoms with Crippen molar-refractivity contribution in [3.63, 3.8) is 0 Å². The number of methoxy groups -OCH3 is 2. The second kappa shape index (κ2) is 10.5. The molecule has 0 aromatic heterocycles. The summed E-state index contributed by atoms with van der Waals surface area (Å²) in [5.74, 6) is 4.24. The van der Waals surface area contributed by atoms with Crippen molar-refractivity contribution < 1.29 is 14.3 Å². The maximum absolute atomic E-state index is 12.1. The average Bonchev–Trinajstić information content (AvgIpc) is 2.73. The first-order valence-electron chi connectivity index (χ1n) is 8.61. The number of ether oxygens (including phenoxy) is 2. The predicted octanol–water partition coefficient (Wildman–Crippen LogP) is 1.99. The first kappa shape index (κ1) is 20.6. The molecule has 0 unspecified atom stereocenters. The molecule has 7 heteroatoms. The van der Waals surface area contributed by atoms with Gasteiger partial charge in [-0.25, -0.2) is 0 Å². The van der Waals surface area contributed by atoms with Crippen LogP contribution in [0.3, 0.4) is 0 Å². The Morgan fingerprint density at radius 2 is 1.96 bits per heavy atom. The van der Waals surface area contributed by atoms with Crippen molar-refractivity contribution in [2.24, 2.45) is 4.99 Å². The van der Waals surface area contributed by atoms with Crippen molar-refractivity contribution in [2.45, 2.75) is 6.54 Å². The van der Waals surface area contributed by atoms with E-state index in [9.17, 15) is 4.79 Å². The fourth-order valence-corrected chi connectivity index (χ4v) is 2.45. The third-order valence-electron chi connectivity index (χ3n) is 3.89. The number of terminal acetylenes is 1. The zero-order chi connectivity index (χ0) is 20.4. The van der Waals surface area contributed by atoms with Crippen LogP contribution >= 0.6 is 0 Å². The molecular weight excluding hydrogens is 356 g/mol. The summed E-state index contributed by atoms with van der Waals surface area (Å²) in [7, 11) is 4.84. The summed E-state index contributed by atoms with van der Waals surface area (Å²) in [4.78, 5) is 16.3. The van der Waals surface area contributed by atoms with E-state index in [2.05, 4.69) is 26.9 Å². The highest BCUT2D eigenvalue weighted by molar-refractivity contribution is 5.95. The number of carbonyl (C=O) groups excluding carboxylic acids is 1. The Kier molecular flexibility index (Phi) is 7.73. The molecular formula is C21H24N4O3. The highest BCUT2D eigenvalue weighted by atomic mass is 16.5. The summed E-state index contributed by atoms with van der Waals surface area (Å²) in [5, 5.41) is 8.90. The Hall–Kier alpha value is -3.66. The maximum atomic E-state index is 12.1. The lowest BCUT2D eigenvalue weighted by atomic mass is 10.2. The lowest BCUT2D eigenvalue weighted by Crippen LogP contribution is -2.41. The number of carbonyl (C=O) groups is 1. The molecule has 2 aromatic carbocycles. The lowest BCUT2D eigenvalue weighted by molar-refractivity contribution is -0.115. The van der Waals surface area contributed by atoms with Crippen LogP contribution in [0, 0.1) is 12.3 Å². The first-order chi connectivity index (χ1) is 13.6. The number of anilines is 1. The van der Waals surface area contributed by atoms with E-state index in [1.54, 1.807) is 45.5 Å². The summed E-state index contributed by atoms with van der Waals surface area (Å²) in [5.41, 5.74) is 2.28. The average molecular weight is 380 g/mol. The standard InChI is InChI=1S/C21H24N4O3/c1-5-15-7-6-8-17(11-15)25-20(26)14-24-21(22-2)23-13-16-9-10-18(27-3)12-19(16)28-4/h1,6-12H,13-14H2,2-4H3,(H,25,26)(H2,22,23,24). The molecule has 0 radical (unpaired) electrons. The van der Waals surface area contributed by atoms with E-state index in [4.69, 9.17) is 15.9 Å². The van der Waals surface area contributed by atoms with Crippen molar-refractivity contribution in [1.82, 2.24) is 10.6 Å².